The number of nitrogens with zero attached hydrogens (tertiary/aromatic N) is 5. The molecular weight excluding hydrogens is 539 g/mol. The number of phenols is 1. The molecule has 1 saturated heterocycles. The van der Waals surface area contributed by atoms with Crippen LogP contribution in [-0.4, -0.2) is 77.2 Å². The number of aliphatic hydroxyl groups is 2. The summed E-state index contributed by atoms with van der Waals surface area (Å²) in [5.41, 5.74) is 14.9. The predicted octanol–water partition coefficient (Wildman–Crippen LogP) is 2.09. The summed E-state index contributed by atoms with van der Waals surface area (Å²) in [6, 6.07) is 11.5. The van der Waals surface area contributed by atoms with Crippen molar-refractivity contribution in [1.29, 1.82) is 0 Å². The number of hydrogen-bond donors (Lipinski definition) is 6. The number of aromatic nitrogens is 4. The summed E-state index contributed by atoms with van der Waals surface area (Å²) in [7, 11) is 0. The average molecular weight is 569 g/mol. The van der Waals surface area contributed by atoms with Crippen LogP contribution < -0.4 is 16.8 Å². The fourth-order valence-electron chi connectivity index (χ4n) is 4.37. The molecule has 3 heterocycles. The number of rotatable bonds is 9. The molecule has 2 aromatic carbocycles. The molecule has 0 aliphatic carbocycles. The van der Waals surface area contributed by atoms with Crippen LogP contribution in [-0.2, 0) is 4.74 Å². The number of thioether (sulfide) groups is 1. The van der Waals surface area contributed by atoms with E-state index in [1.165, 1.54) is 24.8 Å². The Morgan fingerprint density at radius 1 is 1.12 bits per heavy atom. The number of nitrogens with two attached hydrogens (primary N) is 2. The summed E-state index contributed by atoms with van der Waals surface area (Å²) in [5.74, 6) is 0.606. The number of nitrogens with one attached hydrogen (secondary N) is 1. The van der Waals surface area contributed by atoms with Crippen LogP contribution in [0.4, 0.5) is 15.9 Å². The van der Waals surface area contributed by atoms with Gasteiger partial charge in [0, 0.05) is 18.0 Å². The highest BCUT2D eigenvalue weighted by molar-refractivity contribution is 7.99. The number of guanidine groups is 1. The van der Waals surface area contributed by atoms with Gasteiger partial charge >= 0.3 is 0 Å². The van der Waals surface area contributed by atoms with E-state index in [2.05, 4.69) is 25.3 Å². The van der Waals surface area contributed by atoms with Crippen molar-refractivity contribution in [3.8, 4) is 16.9 Å². The molecule has 12 nitrogen and oxygen atoms in total. The van der Waals surface area contributed by atoms with Gasteiger partial charge in [-0.05, 0) is 47.6 Å². The van der Waals surface area contributed by atoms with Gasteiger partial charge in [0.1, 0.15) is 24.1 Å². The van der Waals surface area contributed by atoms with Crippen molar-refractivity contribution in [2.75, 3.05) is 29.1 Å². The zero-order valence-corrected chi connectivity index (χ0v) is 22.1. The third-order valence-electron chi connectivity index (χ3n) is 6.42. The molecule has 0 spiro atoms. The van der Waals surface area contributed by atoms with Crippen molar-refractivity contribution >= 4 is 40.4 Å². The highest BCUT2D eigenvalue weighted by Gasteiger charge is 2.44. The molecule has 210 valence electrons. The molecule has 14 heteroatoms. The summed E-state index contributed by atoms with van der Waals surface area (Å²) in [6.45, 7) is 0.485. The fraction of sp³-hybridized carbons (Fsp3) is 0.308. The first-order valence-corrected chi connectivity index (χ1v) is 13.7. The zero-order valence-electron chi connectivity index (χ0n) is 21.3. The number of halogens is 1. The molecule has 0 bridgehead atoms. The Kier molecular flexibility index (Phi) is 8.30. The van der Waals surface area contributed by atoms with E-state index >= 15 is 0 Å². The Labute approximate surface area is 232 Å². The highest BCUT2D eigenvalue weighted by Crippen LogP contribution is 2.33. The molecule has 0 saturated carbocycles. The second-order valence-corrected chi connectivity index (χ2v) is 10.3. The van der Waals surface area contributed by atoms with Crippen LogP contribution in [0.15, 0.2) is 60.1 Å². The van der Waals surface area contributed by atoms with Gasteiger partial charge in [0.05, 0.1) is 12.4 Å². The molecule has 0 amide bonds. The molecule has 2 aromatic heterocycles. The zero-order chi connectivity index (χ0) is 28.2. The third-order valence-corrected chi connectivity index (χ3v) is 7.57. The van der Waals surface area contributed by atoms with Crippen LogP contribution in [0.3, 0.4) is 0 Å². The number of aliphatic hydroxyl groups excluding tert-OH is 2. The van der Waals surface area contributed by atoms with E-state index in [-0.39, 0.29) is 11.8 Å². The highest BCUT2D eigenvalue weighted by atomic mass is 32.2. The number of hydrogen-bond acceptors (Lipinski definition) is 10. The summed E-state index contributed by atoms with van der Waals surface area (Å²) < 4.78 is 20.9. The lowest BCUT2D eigenvalue weighted by atomic mass is 10.0. The molecule has 5 rings (SSSR count). The summed E-state index contributed by atoms with van der Waals surface area (Å²) >= 11 is 1.57. The minimum Gasteiger partial charge on any atom is -0.505 e. The molecule has 1 aliphatic rings. The monoisotopic (exact) mass is 568 g/mol. The number of aliphatic imine (C=N–C) groups is 1. The predicted molar refractivity (Wildman–Crippen MR) is 151 cm³/mol. The van der Waals surface area contributed by atoms with Crippen LogP contribution >= 0.6 is 11.8 Å². The van der Waals surface area contributed by atoms with Crippen LogP contribution in [0.5, 0.6) is 5.75 Å². The number of imidazole rings is 1. The van der Waals surface area contributed by atoms with Gasteiger partial charge in [-0.3, -0.25) is 9.56 Å². The van der Waals surface area contributed by atoms with Gasteiger partial charge in [0.25, 0.3) is 0 Å². The maximum Gasteiger partial charge on any atom is 0.193 e. The molecule has 1 fully saturated rings. The Morgan fingerprint density at radius 3 is 2.77 bits per heavy atom. The maximum absolute atomic E-state index is 13.4. The van der Waals surface area contributed by atoms with Crippen LogP contribution in [0.2, 0.25) is 0 Å². The van der Waals surface area contributed by atoms with Crippen LogP contribution in [0.1, 0.15) is 12.6 Å². The van der Waals surface area contributed by atoms with E-state index in [4.69, 9.17) is 16.2 Å². The van der Waals surface area contributed by atoms with E-state index < -0.39 is 36.1 Å². The van der Waals surface area contributed by atoms with E-state index in [1.54, 1.807) is 22.4 Å². The van der Waals surface area contributed by atoms with Gasteiger partial charge in [-0.25, -0.2) is 19.3 Å². The summed E-state index contributed by atoms with van der Waals surface area (Å²) in [4.78, 5) is 16.6. The SMILES string of the molecule is NC(=NCCCSC[C@H]1O[C@@H](n2cnc3c(N)ncnc32)[C@H](O)[C@@H]1O)Nc1cccc(-c2ccc(F)c(O)c2)c1. The fourth-order valence-corrected chi connectivity index (χ4v) is 5.38. The lowest BCUT2D eigenvalue weighted by Crippen LogP contribution is -2.32. The average Bonchev–Trinajstić information content (AvgIpc) is 3.49. The second kappa shape index (κ2) is 12.0. The lowest BCUT2D eigenvalue weighted by molar-refractivity contribution is -0.0289. The number of fused-ring (bicyclic) bond motifs is 1. The number of phenolic OH excluding ortho intramolecular Hbond substituents is 1. The Bertz CT molecular complexity index is 1520. The first-order valence-electron chi connectivity index (χ1n) is 12.5. The molecule has 1 aliphatic heterocycles. The number of nitrogen functional groups attached to an aromatic ring is 1. The lowest BCUT2D eigenvalue weighted by Gasteiger charge is -2.16. The van der Waals surface area contributed by atoms with E-state index in [9.17, 15) is 19.7 Å². The summed E-state index contributed by atoms with van der Waals surface area (Å²) in [5, 5.41) is 33.8. The van der Waals surface area contributed by atoms with Crippen molar-refractivity contribution in [1.82, 2.24) is 19.5 Å². The van der Waals surface area contributed by atoms with Crippen molar-refractivity contribution in [2.24, 2.45) is 10.7 Å². The van der Waals surface area contributed by atoms with Gasteiger partial charge in [0.15, 0.2) is 35.2 Å². The minimum absolute atomic E-state index is 0.224. The van der Waals surface area contributed by atoms with E-state index in [1.807, 2.05) is 24.3 Å². The van der Waals surface area contributed by atoms with Crippen LogP contribution in [0, 0.1) is 5.82 Å². The largest absolute Gasteiger partial charge is 0.505 e. The van der Waals surface area contributed by atoms with Crippen molar-refractivity contribution in [3.63, 3.8) is 0 Å². The molecule has 8 N–H and O–H groups in total. The topological polar surface area (TPSA) is 190 Å². The number of ether oxygens (including phenoxy) is 1. The molecule has 0 unspecified atom stereocenters. The number of anilines is 2. The van der Waals surface area contributed by atoms with Gasteiger partial charge in [-0.2, -0.15) is 11.8 Å². The maximum atomic E-state index is 13.4. The van der Waals surface area contributed by atoms with Gasteiger partial charge in [0.2, 0.25) is 0 Å². The molecular formula is C26H29FN8O4S. The molecule has 4 aromatic rings. The number of aromatic hydroxyl groups is 1. The quantitative estimate of drug-likeness (QED) is 0.0985. The van der Waals surface area contributed by atoms with E-state index in [0.717, 1.165) is 17.7 Å². The second-order valence-electron chi connectivity index (χ2n) is 9.20. The van der Waals surface area contributed by atoms with Gasteiger partial charge in [-0.15, -0.1) is 0 Å². The Hall–Kier alpha value is -3.98. The Balaban J connectivity index is 1.08. The van der Waals surface area contributed by atoms with Crippen molar-refractivity contribution in [3.05, 3.63) is 60.9 Å². The Morgan fingerprint density at radius 2 is 1.95 bits per heavy atom. The van der Waals surface area contributed by atoms with Crippen molar-refractivity contribution in [2.45, 2.75) is 31.0 Å². The standard InChI is InChI=1S/C26H29FN8O4S/c27-17-6-5-15(10-18(17)36)14-3-1-4-16(9-14)34-26(29)30-7-2-8-40-11-19-21(37)22(38)25(39-19)35-13-33-20-23(28)31-12-32-24(20)35/h1,3-6,9-10,12-13,19,21-22,25,36-38H,2,7-8,11H2,(H2,28,31,32)(H3,29,30,34)/t19-,21-,22-,25-/m1/s1. The normalized spacial score (nSPS) is 21.2. The molecule has 4 atom stereocenters. The first kappa shape index (κ1) is 27.6. The van der Waals surface area contributed by atoms with Gasteiger partial charge in [-0.1, -0.05) is 18.2 Å². The van der Waals surface area contributed by atoms with Crippen molar-refractivity contribution < 1.29 is 24.4 Å². The molecule has 40 heavy (non-hydrogen) atoms. The smallest absolute Gasteiger partial charge is 0.193 e. The third kappa shape index (κ3) is 5.94. The first-order chi connectivity index (χ1) is 19.3. The number of benzene rings is 2. The molecule has 0 radical (unpaired) electrons. The summed E-state index contributed by atoms with van der Waals surface area (Å²) in [6.07, 6.45) is -0.132. The van der Waals surface area contributed by atoms with Gasteiger partial charge < -0.3 is 36.8 Å². The minimum atomic E-state index is -1.15. The van der Waals surface area contributed by atoms with E-state index in [0.29, 0.717) is 34.7 Å². The van der Waals surface area contributed by atoms with Crippen LogP contribution in [0.25, 0.3) is 22.3 Å².